The van der Waals surface area contributed by atoms with Crippen LogP contribution in [-0.4, -0.2) is 14.9 Å². The Morgan fingerprint density at radius 3 is 2.64 bits per heavy atom. The number of hydrogen-bond donors (Lipinski definition) is 2. The van der Waals surface area contributed by atoms with Crippen LogP contribution in [0, 0.1) is 13.8 Å². The van der Waals surface area contributed by atoms with E-state index in [1.165, 1.54) is 21.9 Å². The molecule has 0 spiro atoms. The summed E-state index contributed by atoms with van der Waals surface area (Å²) < 4.78 is 1.92. The van der Waals surface area contributed by atoms with Gasteiger partial charge in [0.2, 0.25) is 0 Å². The molecule has 4 nitrogen and oxygen atoms in total. The minimum absolute atomic E-state index is 0.530. The number of aromatic nitrogens is 2. The molecule has 5 heteroatoms. The van der Waals surface area contributed by atoms with Crippen molar-refractivity contribution in [3.8, 4) is 0 Å². The molecule has 140 valence electrons. The van der Waals surface area contributed by atoms with Gasteiger partial charge in [0.25, 0.3) is 0 Å². The lowest BCUT2D eigenvalue weighted by molar-refractivity contribution is 0.693. The molecule has 0 fully saturated rings. The van der Waals surface area contributed by atoms with Gasteiger partial charge in [0.15, 0.2) is 10.9 Å². The molecule has 0 aliphatic heterocycles. The summed E-state index contributed by atoms with van der Waals surface area (Å²) in [5.74, 6) is 0.725. The van der Waals surface area contributed by atoms with Crippen LogP contribution in [0.4, 0.5) is 11.5 Å². The molecule has 0 saturated heterocycles. The summed E-state index contributed by atoms with van der Waals surface area (Å²) in [5, 5.41) is 14.0. The zero-order chi connectivity index (χ0) is 19.5. The van der Waals surface area contributed by atoms with Gasteiger partial charge < -0.3 is 10.6 Å². The highest BCUT2D eigenvalue weighted by Crippen LogP contribution is 2.20. The van der Waals surface area contributed by atoms with E-state index in [1.54, 1.807) is 0 Å². The van der Waals surface area contributed by atoms with E-state index in [4.69, 9.17) is 12.2 Å². The van der Waals surface area contributed by atoms with E-state index in [9.17, 15) is 0 Å². The van der Waals surface area contributed by atoms with Crippen LogP contribution in [0.3, 0.4) is 0 Å². The Labute approximate surface area is 170 Å². The van der Waals surface area contributed by atoms with E-state index in [-0.39, 0.29) is 0 Å². The first-order valence-corrected chi connectivity index (χ1v) is 9.65. The van der Waals surface area contributed by atoms with E-state index in [0.717, 1.165) is 17.1 Å². The number of aryl methyl sites for hydroxylation is 2. The second-order valence-corrected chi connectivity index (χ2v) is 7.34. The third-order valence-electron chi connectivity index (χ3n) is 4.72. The van der Waals surface area contributed by atoms with Crippen molar-refractivity contribution in [1.29, 1.82) is 0 Å². The first-order chi connectivity index (χ1) is 13.6. The lowest BCUT2D eigenvalue weighted by Gasteiger charge is -2.11. The number of benzene rings is 3. The maximum atomic E-state index is 5.44. The van der Waals surface area contributed by atoms with Crippen LogP contribution in [0.2, 0.25) is 0 Å². The molecular weight excluding hydrogens is 364 g/mol. The predicted molar refractivity (Wildman–Crippen MR) is 121 cm³/mol. The maximum absolute atomic E-state index is 5.44. The normalized spacial score (nSPS) is 10.8. The monoisotopic (exact) mass is 386 g/mol. The van der Waals surface area contributed by atoms with Crippen LogP contribution < -0.4 is 10.6 Å². The first kappa shape index (κ1) is 18.2. The zero-order valence-electron chi connectivity index (χ0n) is 15.9. The highest BCUT2D eigenvalue weighted by atomic mass is 32.1. The summed E-state index contributed by atoms with van der Waals surface area (Å²) in [6.45, 7) is 4.85. The zero-order valence-corrected chi connectivity index (χ0v) is 16.8. The number of rotatable bonds is 4. The summed E-state index contributed by atoms with van der Waals surface area (Å²) in [7, 11) is 0. The second-order valence-electron chi connectivity index (χ2n) is 6.93. The Kier molecular flexibility index (Phi) is 5.08. The van der Waals surface area contributed by atoms with Gasteiger partial charge in [0.1, 0.15) is 0 Å². The molecule has 0 radical (unpaired) electrons. The molecule has 3 aromatic carbocycles. The van der Waals surface area contributed by atoms with Crippen molar-refractivity contribution in [3.63, 3.8) is 0 Å². The Morgan fingerprint density at radius 1 is 0.964 bits per heavy atom. The molecule has 1 aromatic heterocycles. The number of thiocarbonyl (C=S) groups is 1. The lowest BCUT2D eigenvalue weighted by atomic mass is 10.0. The van der Waals surface area contributed by atoms with Crippen molar-refractivity contribution >= 4 is 39.6 Å². The number of fused-ring (bicyclic) bond motifs is 1. The molecule has 0 bridgehead atoms. The largest absolute Gasteiger partial charge is 0.332 e. The van der Waals surface area contributed by atoms with Crippen molar-refractivity contribution in [3.05, 3.63) is 89.6 Å². The topological polar surface area (TPSA) is 41.9 Å². The fourth-order valence-electron chi connectivity index (χ4n) is 3.35. The molecule has 0 amide bonds. The Balaban J connectivity index is 1.45. The van der Waals surface area contributed by atoms with E-state index in [1.807, 2.05) is 23.0 Å². The van der Waals surface area contributed by atoms with Gasteiger partial charge in [0, 0.05) is 18.0 Å². The van der Waals surface area contributed by atoms with Crippen LogP contribution in [0.5, 0.6) is 0 Å². The smallest absolute Gasteiger partial charge is 0.176 e. The quantitative estimate of drug-likeness (QED) is 0.454. The van der Waals surface area contributed by atoms with Gasteiger partial charge in [-0.15, -0.1) is 0 Å². The van der Waals surface area contributed by atoms with Crippen molar-refractivity contribution in [2.45, 2.75) is 20.4 Å². The van der Waals surface area contributed by atoms with Crippen LogP contribution in [0.1, 0.15) is 16.7 Å². The fraction of sp³-hybridized carbons (Fsp3) is 0.130. The number of nitrogens with zero attached hydrogens (tertiary/aromatic N) is 2. The highest BCUT2D eigenvalue weighted by molar-refractivity contribution is 7.80. The van der Waals surface area contributed by atoms with Crippen LogP contribution in [-0.2, 0) is 6.54 Å². The van der Waals surface area contributed by atoms with Crippen molar-refractivity contribution < 1.29 is 0 Å². The molecule has 0 unspecified atom stereocenters. The number of anilines is 2. The van der Waals surface area contributed by atoms with Gasteiger partial charge in [-0.2, -0.15) is 5.10 Å². The second kappa shape index (κ2) is 7.82. The van der Waals surface area contributed by atoms with Gasteiger partial charge in [-0.05, 0) is 54.0 Å². The molecule has 0 aliphatic rings. The average Bonchev–Trinajstić information content (AvgIpc) is 3.11. The summed E-state index contributed by atoms with van der Waals surface area (Å²) in [6.07, 6.45) is 1.96. The number of nitrogens with one attached hydrogen (secondary N) is 2. The molecule has 0 saturated carbocycles. The molecule has 4 rings (SSSR count). The van der Waals surface area contributed by atoms with Crippen LogP contribution in [0.25, 0.3) is 10.8 Å². The minimum atomic E-state index is 0.530. The van der Waals surface area contributed by atoms with Crippen LogP contribution >= 0.6 is 12.2 Å². The molecular formula is C23H22N4S. The van der Waals surface area contributed by atoms with Gasteiger partial charge in [-0.25, -0.2) is 0 Å². The predicted octanol–water partition coefficient (Wildman–Crippen LogP) is 5.51. The highest BCUT2D eigenvalue weighted by Gasteiger charge is 2.06. The Morgan fingerprint density at radius 2 is 1.79 bits per heavy atom. The van der Waals surface area contributed by atoms with Gasteiger partial charge in [-0.1, -0.05) is 60.2 Å². The molecule has 0 atom stereocenters. The summed E-state index contributed by atoms with van der Waals surface area (Å²) in [6, 6.07) is 22.9. The van der Waals surface area contributed by atoms with Crippen LogP contribution in [0.15, 0.2) is 72.9 Å². The van der Waals surface area contributed by atoms with Gasteiger partial charge in [0.05, 0.1) is 6.54 Å². The Bertz CT molecular complexity index is 1140. The summed E-state index contributed by atoms with van der Waals surface area (Å²) >= 11 is 5.44. The summed E-state index contributed by atoms with van der Waals surface area (Å²) in [5.41, 5.74) is 4.63. The fourth-order valence-corrected chi connectivity index (χ4v) is 3.56. The van der Waals surface area contributed by atoms with Crippen molar-refractivity contribution in [1.82, 2.24) is 9.78 Å². The van der Waals surface area contributed by atoms with Gasteiger partial charge in [-0.3, -0.25) is 4.68 Å². The standard InChI is InChI=1S/C23H22N4S/c1-16-10-11-21(17(2)14-16)24-23(28)25-22-12-13-27(26-22)15-19-8-5-7-18-6-3-4-9-20(18)19/h3-14H,15H2,1-2H3,(H2,24,25,26,28). The van der Waals surface area contributed by atoms with Gasteiger partial charge >= 0.3 is 0 Å². The molecule has 28 heavy (non-hydrogen) atoms. The summed E-state index contributed by atoms with van der Waals surface area (Å²) in [4.78, 5) is 0. The SMILES string of the molecule is Cc1ccc(NC(=S)Nc2ccn(Cc3cccc4ccccc34)n2)c(C)c1. The average molecular weight is 387 g/mol. The number of hydrogen-bond acceptors (Lipinski definition) is 2. The molecule has 0 aliphatic carbocycles. The van der Waals surface area contributed by atoms with E-state index >= 15 is 0 Å². The Hall–Kier alpha value is -3.18. The maximum Gasteiger partial charge on any atom is 0.176 e. The third kappa shape index (κ3) is 4.05. The minimum Gasteiger partial charge on any atom is -0.332 e. The van der Waals surface area contributed by atoms with Crippen molar-refractivity contribution in [2.75, 3.05) is 10.6 Å². The molecule has 4 aromatic rings. The van der Waals surface area contributed by atoms with E-state index < -0.39 is 0 Å². The first-order valence-electron chi connectivity index (χ1n) is 9.24. The molecule has 2 N–H and O–H groups in total. The van der Waals surface area contributed by atoms with E-state index in [0.29, 0.717) is 11.7 Å². The third-order valence-corrected chi connectivity index (χ3v) is 4.93. The van der Waals surface area contributed by atoms with Crippen molar-refractivity contribution in [2.24, 2.45) is 0 Å². The lowest BCUT2D eigenvalue weighted by Crippen LogP contribution is -2.20. The molecule has 1 heterocycles. The van der Waals surface area contributed by atoms with E-state index in [2.05, 4.69) is 84.2 Å².